The van der Waals surface area contributed by atoms with Crippen LogP contribution in [0.1, 0.15) is 19.4 Å². The van der Waals surface area contributed by atoms with Crippen LogP contribution in [0.15, 0.2) is 42.5 Å². The first-order chi connectivity index (χ1) is 13.3. The molecule has 2 amide bonds. The maximum absolute atomic E-state index is 13.7. The molecule has 150 valence electrons. The van der Waals surface area contributed by atoms with Crippen LogP contribution in [-0.2, 0) is 16.1 Å². The Bertz CT molecular complexity index is 848. The lowest BCUT2D eigenvalue weighted by Crippen LogP contribution is -2.49. The molecule has 0 saturated carbocycles. The zero-order chi connectivity index (χ0) is 20.7. The van der Waals surface area contributed by atoms with E-state index in [9.17, 15) is 14.0 Å². The molecule has 1 atom stereocenters. The van der Waals surface area contributed by atoms with Gasteiger partial charge in [0.2, 0.25) is 5.91 Å². The van der Waals surface area contributed by atoms with Crippen molar-refractivity contribution in [3.63, 3.8) is 0 Å². The Kier molecular flexibility index (Phi) is 8.08. The maximum atomic E-state index is 13.7. The molecular weight excluding hydrogens is 406 g/mol. The van der Waals surface area contributed by atoms with Crippen LogP contribution < -0.4 is 10.1 Å². The first kappa shape index (κ1) is 22.0. The van der Waals surface area contributed by atoms with Crippen molar-refractivity contribution in [1.29, 1.82) is 0 Å². The van der Waals surface area contributed by atoms with Gasteiger partial charge in [-0.05, 0) is 43.7 Å². The number of carbonyl (C=O) groups is 2. The van der Waals surface area contributed by atoms with Crippen LogP contribution in [0, 0.1) is 5.82 Å². The molecular formula is C20H21Cl2FN2O3. The summed E-state index contributed by atoms with van der Waals surface area (Å²) in [6, 6.07) is 9.92. The molecule has 2 aromatic rings. The molecule has 0 saturated heterocycles. The summed E-state index contributed by atoms with van der Waals surface area (Å²) in [6.07, 6.45) is 0. The number of carbonyl (C=O) groups excluding carboxylic acids is 2. The highest BCUT2D eigenvalue weighted by Crippen LogP contribution is 2.23. The third-order valence-electron chi connectivity index (χ3n) is 4.06. The third kappa shape index (κ3) is 5.84. The first-order valence-corrected chi connectivity index (χ1v) is 9.47. The fourth-order valence-corrected chi connectivity index (χ4v) is 2.99. The number of nitrogens with zero attached hydrogens (tertiary/aromatic N) is 1. The minimum absolute atomic E-state index is 0.0361. The Balaban J connectivity index is 2.20. The van der Waals surface area contributed by atoms with Crippen molar-refractivity contribution < 1.29 is 18.7 Å². The van der Waals surface area contributed by atoms with Crippen LogP contribution in [0.25, 0.3) is 0 Å². The highest BCUT2D eigenvalue weighted by Gasteiger charge is 2.27. The minimum Gasteiger partial charge on any atom is -0.481 e. The number of para-hydroxylation sites is 1. The molecule has 8 heteroatoms. The van der Waals surface area contributed by atoms with Crippen LogP contribution in [0.3, 0.4) is 0 Å². The molecule has 0 unspecified atom stereocenters. The number of benzene rings is 2. The zero-order valence-corrected chi connectivity index (χ0v) is 17.1. The molecule has 2 aromatic carbocycles. The van der Waals surface area contributed by atoms with Crippen molar-refractivity contribution in [2.24, 2.45) is 0 Å². The SMILES string of the molecule is CCNC(=O)[C@@H](C)N(Cc1ccc(Cl)cc1Cl)C(=O)COc1ccccc1F. The summed E-state index contributed by atoms with van der Waals surface area (Å²) in [4.78, 5) is 26.4. The second-order valence-electron chi connectivity index (χ2n) is 6.05. The molecule has 0 aromatic heterocycles. The lowest BCUT2D eigenvalue weighted by Gasteiger charge is -2.29. The van der Waals surface area contributed by atoms with Crippen LogP contribution in [0.4, 0.5) is 4.39 Å². The van der Waals surface area contributed by atoms with E-state index >= 15 is 0 Å². The van der Waals surface area contributed by atoms with Crippen molar-refractivity contribution in [2.45, 2.75) is 26.4 Å². The lowest BCUT2D eigenvalue weighted by molar-refractivity contribution is -0.142. The highest BCUT2D eigenvalue weighted by molar-refractivity contribution is 6.35. The number of nitrogens with one attached hydrogen (secondary N) is 1. The molecule has 0 heterocycles. The maximum Gasteiger partial charge on any atom is 0.261 e. The number of amides is 2. The molecule has 5 nitrogen and oxygen atoms in total. The Morgan fingerprint density at radius 1 is 1.21 bits per heavy atom. The monoisotopic (exact) mass is 426 g/mol. The Labute approximate surface area is 173 Å². The van der Waals surface area contributed by atoms with E-state index in [2.05, 4.69) is 5.32 Å². The molecule has 0 spiro atoms. The van der Waals surface area contributed by atoms with Gasteiger partial charge >= 0.3 is 0 Å². The average molecular weight is 427 g/mol. The van der Waals surface area contributed by atoms with Crippen LogP contribution in [-0.4, -0.2) is 35.9 Å². The standard InChI is InChI=1S/C20H21Cl2FN2O3/c1-3-24-20(27)13(2)25(11-14-8-9-15(21)10-16(14)22)19(26)12-28-18-7-5-4-6-17(18)23/h4-10,13H,3,11-12H2,1-2H3,(H,24,27)/t13-/m1/s1. The number of ether oxygens (including phenoxy) is 1. The van der Waals surface area contributed by atoms with Gasteiger partial charge in [-0.3, -0.25) is 9.59 Å². The number of hydrogen-bond acceptors (Lipinski definition) is 3. The summed E-state index contributed by atoms with van der Waals surface area (Å²) in [5, 5.41) is 3.53. The van der Waals surface area contributed by atoms with Crippen LogP contribution >= 0.6 is 23.2 Å². The van der Waals surface area contributed by atoms with Crippen LogP contribution in [0.2, 0.25) is 10.0 Å². The smallest absolute Gasteiger partial charge is 0.261 e. The van der Waals surface area contributed by atoms with Gasteiger partial charge in [0.25, 0.3) is 5.91 Å². The Morgan fingerprint density at radius 3 is 2.57 bits per heavy atom. The summed E-state index contributed by atoms with van der Waals surface area (Å²) >= 11 is 12.1. The third-order valence-corrected chi connectivity index (χ3v) is 4.65. The van der Waals surface area contributed by atoms with Gasteiger partial charge in [0.05, 0.1) is 0 Å². The van der Waals surface area contributed by atoms with E-state index in [1.54, 1.807) is 38.1 Å². The number of halogens is 3. The van der Waals surface area contributed by atoms with Crippen LogP contribution in [0.5, 0.6) is 5.75 Å². The van der Waals surface area contributed by atoms with Crippen molar-refractivity contribution in [3.05, 3.63) is 63.9 Å². The van der Waals surface area contributed by atoms with Gasteiger partial charge in [0, 0.05) is 23.1 Å². The molecule has 0 aliphatic carbocycles. The number of hydrogen-bond donors (Lipinski definition) is 1. The van der Waals surface area contributed by atoms with Gasteiger partial charge in [-0.1, -0.05) is 41.4 Å². The predicted octanol–water partition coefficient (Wildman–Crippen LogP) is 4.06. The van der Waals surface area contributed by atoms with Crippen molar-refractivity contribution in [3.8, 4) is 5.75 Å². The Morgan fingerprint density at radius 2 is 1.93 bits per heavy atom. The van der Waals surface area contributed by atoms with Gasteiger partial charge in [-0.25, -0.2) is 4.39 Å². The fourth-order valence-electron chi connectivity index (χ4n) is 2.52. The van der Waals surface area contributed by atoms with Gasteiger partial charge in [0.1, 0.15) is 6.04 Å². The van der Waals surface area contributed by atoms with Crippen molar-refractivity contribution in [2.75, 3.05) is 13.2 Å². The van der Waals surface area contributed by atoms with E-state index in [1.807, 2.05) is 0 Å². The minimum atomic E-state index is -0.775. The molecule has 0 radical (unpaired) electrons. The summed E-state index contributed by atoms with van der Waals surface area (Å²) in [6.45, 7) is 3.48. The van der Waals surface area contributed by atoms with Crippen molar-refractivity contribution in [1.82, 2.24) is 10.2 Å². The fraction of sp³-hybridized carbons (Fsp3) is 0.300. The summed E-state index contributed by atoms with van der Waals surface area (Å²) in [5.74, 6) is -1.40. The topological polar surface area (TPSA) is 58.6 Å². The summed E-state index contributed by atoms with van der Waals surface area (Å²) in [7, 11) is 0. The lowest BCUT2D eigenvalue weighted by atomic mass is 10.1. The van der Waals surface area contributed by atoms with Gasteiger partial charge < -0.3 is 15.0 Å². The quantitative estimate of drug-likeness (QED) is 0.691. The summed E-state index contributed by atoms with van der Waals surface area (Å²) in [5.41, 5.74) is 0.626. The molecule has 0 bridgehead atoms. The molecule has 28 heavy (non-hydrogen) atoms. The van der Waals surface area contributed by atoms with E-state index in [4.69, 9.17) is 27.9 Å². The highest BCUT2D eigenvalue weighted by atomic mass is 35.5. The van der Waals surface area contributed by atoms with E-state index in [1.165, 1.54) is 23.1 Å². The first-order valence-electron chi connectivity index (χ1n) is 8.72. The number of rotatable bonds is 8. The molecule has 0 aliphatic rings. The second kappa shape index (κ2) is 10.3. The van der Waals surface area contributed by atoms with Gasteiger partial charge in [0.15, 0.2) is 18.2 Å². The molecule has 2 rings (SSSR count). The van der Waals surface area contributed by atoms with E-state index in [0.29, 0.717) is 22.2 Å². The largest absolute Gasteiger partial charge is 0.481 e. The average Bonchev–Trinajstić information content (AvgIpc) is 2.66. The molecule has 0 fully saturated rings. The molecule has 0 aliphatic heterocycles. The summed E-state index contributed by atoms with van der Waals surface area (Å²) < 4.78 is 19.0. The number of likely N-dealkylation sites (N-methyl/N-ethyl adjacent to an activating group) is 1. The van der Waals surface area contributed by atoms with E-state index in [-0.39, 0.29) is 18.2 Å². The normalized spacial score (nSPS) is 11.6. The predicted molar refractivity (Wildman–Crippen MR) is 107 cm³/mol. The zero-order valence-electron chi connectivity index (χ0n) is 15.5. The van der Waals surface area contributed by atoms with E-state index in [0.717, 1.165) is 0 Å². The Hall–Kier alpha value is -2.31. The van der Waals surface area contributed by atoms with E-state index < -0.39 is 24.4 Å². The molecule has 1 N–H and O–H groups in total. The van der Waals surface area contributed by atoms with Gasteiger partial charge in [-0.2, -0.15) is 0 Å². The second-order valence-corrected chi connectivity index (χ2v) is 6.89. The van der Waals surface area contributed by atoms with Crippen molar-refractivity contribution >= 4 is 35.0 Å². The van der Waals surface area contributed by atoms with Gasteiger partial charge in [-0.15, -0.1) is 0 Å².